The third-order valence-electron chi connectivity index (χ3n) is 4.64. The van der Waals surface area contributed by atoms with Crippen LogP contribution >= 0.6 is 0 Å². The zero-order valence-corrected chi connectivity index (χ0v) is 13.0. The van der Waals surface area contributed by atoms with Gasteiger partial charge in [0, 0.05) is 35.0 Å². The highest BCUT2D eigenvalue weighted by Gasteiger charge is 2.47. The van der Waals surface area contributed by atoms with Crippen molar-refractivity contribution in [3.05, 3.63) is 39.4 Å². The Kier molecular flexibility index (Phi) is 4.07. The Balaban J connectivity index is 1.87. The molecular weight excluding hydrogens is 296 g/mol. The van der Waals surface area contributed by atoms with Crippen molar-refractivity contribution >= 4 is 23.4 Å². The number of anilines is 1. The molecule has 0 aliphatic heterocycles. The predicted molar refractivity (Wildman–Crippen MR) is 87.2 cm³/mol. The lowest BCUT2D eigenvalue weighted by Gasteiger charge is -2.10. The molecule has 0 aromatic heterocycles. The number of carbonyl (C=O) groups is 1. The molecule has 2 saturated carbocycles. The minimum Gasteiger partial charge on any atom is -0.478 e. The summed E-state index contributed by atoms with van der Waals surface area (Å²) in [6, 6.07) is 4.99. The summed E-state index contributed by atoms with van der Waals surface area (Å²) in [6.07, 6.45) is 5.63. The largest absolute Gasteiger partial charge is 0.478 e. The minimum absolute atomic E-state index is 0.0304. The van der Waals surface area contributed by atoms with Gasteiger partial charge in [0.25, 0.3) is 5.69 Å². The number of hydrogen-bond donors (Lipinski definition) is 2. The second-order valence-corrected chi connectivity index (χ2v) is 6.34. The zero-order chi connectivity index (χ0) is 16.6. The quantitative estimate of drug-likeness (QED) is 0.455. The topological polar surface area (TPSA) is 92.5 Å². The van der Waals surface area contributed by atoms with Crippen LogP contribution in [0.4, 0.5) is 11.4 Å². The molecule has 122 valence electrons. The first-order valence-electron chi connectivity index (χ1n) is 7.98. The summed E-state index contributed by atoms with van der Waals surface area (Å²) in [5.74, 6) is 0.536. The van der Waals surface area contributed by atoms with E-state index in [0.717, 1.165) is 18.0 Å². The van der Waals surface area contributed by atoms with Gasteiger partial charge in [-0.05, 0) is 49.7 Å². The summed E-state index contributed by atoms with van der Waals surface area (Å²) in [7, 11) is 0. The fraction of sp³-hybridized carbons (Fsp3) is 0.471. The van der Waals surface area contributed by atoms with Crippen molar-refractivity contribution < 1.29 is 14.8 Å². The number of non-ortho nitro benzene ring substituents is 1. The normalized spacial score (nSPS) is 23.4. The number of aliphatic carboxylic acids is 1. The summed E-state index contributed by atoms with van der Waals surface area (Å²) in [5, 5.41) is 23.6. The Bertz CT molecular complexity index is 679. The maximum absolute atomic E-state index is 11.2. The summed E-state index contributed by atoms with van der Waals surface area (Å²) >= 11 is 0. The van der Waals surface area contributed by atoms with Gasteiger partial charge >= 0.3 is 5.97 Å². The van der Waals surface area contributed by atoms with Gasteiger partial charge < -0.3 is 10.4 Å². The highest BCUT2D eigenvalue weighted by Crippen LogP contribution is 2.51. The van der Waals surface area contributed by atoms with Crippen molar-refractivity contribution in [2.45, 2.75) is 38.6 Å². The van der Waals surface area contributed by atoms with Gasteiger partial charge in [0.15, 0.2) is 0 Å². The lowest BCUT2D eigenvalue weighted by molar-refractivity contribution is -0.384. The molecule has 3 rings (SSSR count). The fourth-order valence-electron chi connectivity index (χ4n) is 3.04. The van der Waals surface area contributed by atoms with Crippen LogP contribution in [0.1, 0.15) is 38.2 Å². The standard InChI is InChI=1S/C17H20N2O4/c1-2-10(17(20)21)7-12-8-13(19(22)23)5-6-15(12)18-16-9-14(16)11-3-4-11/h5-8,11,14,16,18H,2-4,9H2,1H3,(H,20,21). The van der Waals surface area contributed by atoms with Crippen molar-refractivity contribution in [2.24, 2.45) is 11.8 Å². The Labute approximate surface area is 134 Å². The number of nitro benzene ring substituents is 1. The molecule has 2 unspecified atom stereocenters. The van der Waals surface area contributed by atoms with Crippen LogP contribution in [0.2, 0.25) is 0 Å². The van der Waals surface area contributed by atoms with Crippen LogP contribution < -0.4 is 5.32 Å². The second-order valence-electron chi connectivity index (χ2n) is 6.34. The number of nitrogens with zero attached hydrogens (tertiary/aromatic N) is 1. The van der Waals surface area contributed by atoms with E-state index >= 15 is 0 Å². The van der Waals surface area contributed by atoms with Gasteiger partial charge in [-0.3, -0.25) is 10.1 Å². The maximum atomic E-state index is 11.2. The highest BCUT2D eigenvalue weighted by atomic mass is 16.6. The second kappa shape index (κ2) is 6.02. The molecule has 0 amide bonds. The van der Waals surface area contributed by atoms with Gasteiger partial charge in [0.05, 0.1) is 4.92 Å². The summed E-state index contributed by atoms with van der Waals surface area (Å²) < 4.78 is 0. The van der Waals surface area contributed by atoms with Gasteiger partial charge in [0.2, 0.25) is 0 Å². The Morgan fingerprint density at radius 1 is 1.48 bits per heavy atom. The van der Waals surface area contributed by atoms with E-state index in [1.165, 1.54) is 31.1 Å². The minimum atomic E-state index is -0.993. The van der Waals surface area contributed by atoms with Crippen LogP contribution in [-0.4, -0.2) is 22.0 Å². The van der Waals surface area contributed by atoms with Crippen molar-refractivity contribution in [2.75, 3.05) is 5.32 Å². The smallest absolute Gasteiger partial charge is 0.331 e. The Hall–Kier alpha value is -2.37. The molecule has 0 spiro atoms. The summed E-state index contributed by atoms with van der Waals surface area (Å²) in [4.78, 5) is 21.8. The maximum Gasteiger partial charge on any atom is 0.331 e. The average molecular weight is 316 g/mol. The first-order valence-corrected chi connectivity index (χ1v) is 7.98. The molecule has 1 aromatic carbocycles. The average Bonchev–Trinajstić information content (AvgIpc) is 3.38. The van der Waals surface area contributed by atoms with E-state index < -0.39 is 10.9 Å². The van der Waals surface area contributed by atoms with E-state index in [2.05, 4.69) is 5.32 Å². The number of nitrogens with one attached hydrogen (secondary N) is 1. The Morgan fingerprint density at radius 3 is 2.78 bits per heavy atom. The number of carboxylic acids is 1. The van der Waals surface area contributed by atoms with E-state index in [0.29, 0.717) is 23.9 Å². The number of nitro groups is 1. The molecule has 2 aliphatic rings. The van der Waals surface area contributed by atoms with E-state index in [9.17, 15) is 20.0 Å². The van der Waals surface area contributed by atoms with Crippen LogP contribution in [0.3, 0.4) is 0 Å². The number of carboxylic acid groups (broad SMARTS) is 1. The summed E-state index contributed by atoms with van der Waals surface area (Å²) in [6.45, 7) is 1.76. The number of hydrogen-bond acceptors (Lipinski definition) is 4. The molecule has 6 heteroatoms. The third kappa shape index (κ3) is 3.52. The lowest BCUT2D eigenvalue weighted by Crippen LogP contribution is -2.07. The van der Waals surface area contributed by atoms with Crippen molar-refractivity contribution in [1.29, 1.82) is 0 Å². The highest BCUT2D eigenvalue weighted by molar-refractivity contribution is 5.93. The molecule has 0 bridgehead atoms. The van der Waals surface area contributed by atoms with Crippen LogP contribution in [-0.2, 0) is 4.79 Å². The van der Waals surface area contributed by atoms with Crippen molar-refractivity contribution in [3.8, 4) is 0 Å². The monoisotopic (exact) mass is 316 g/mol. The third-order valence-corrected chi connectivity index (χ3v) is 4.64. The molecule has 23 heavy (non-hydrogen) atoms. The molecule has 2 aliphatic carbocycles. The van der Waals surface area contributed by atoms with Crippen molar-refractivity contribution in [3.63, 3.8) is 0 Å². The van der Waals surface area contributed by atoms with E-state index in [-0.39, 0.29) is 11.3 Å². The van der Waals surface area contributed by atoms with Gasteiger partial charge in [-0.1, -0.05) is 6.92 Å². The van der Waals surface area contributed by atoms with E-state index in [4.69, 9.17) is 0 Å². The number of benzene rings is 1. The molecule has 2 fully saturated rings. The molecule has 6 nitrogen and oxygen atoms in total. The van der Waals surface area contributed by atoms with Crippen LogP contribution in [0, 0.1) is 22.0 Å². The van der Waals surface area contributed by atoms with Gasteiger partial charge in [-0.15, -0.1) is 0 Å². The molecule has 2 N–H and O–H groups in total. The van der Waals surface area contributed by atoms with Crippen LogP contribution in [0.5, 0.6) is 0 Å². The van der Waals surface area contributed by atoms with E-state index in [1.54, 1.807) is 13.0 Å². The molecule has 2 atom stereocenters. The first kappa shape index (κ1) is 15.5. The van der Waals surface area contributed by atoms with Gasteiger partial charge in [-0.2, -0.15) is 0 Å². The van der Waals surface area contributed by atoms with E-state index in [1.807, 2.05) is 0 Å². The zero-order valence-electron chi connectivity index (χ0n) is 13.0. The van der Waals surface area contributed by atoms with Gasteiger partial charge in [-0.25, -0.2) is 4.79 Å². The summed E-state index contributed by atoms with van der Waals surface area (Å²) in [5.41, 5.74) is 1.55. The molecule has 0 saturated heterocycles. The first-order chi connectivity index (χ1) is 11.0. The van der Waals surface area contributed by atoms with Crippen LogP contribution in [0.25, 0.3) is 6.08 Å². The molecule has 0 heterocycles. The molecule has 1 aromatic rings. The fourth-order valence-corrected chi connectivity index (χ4v) is 3.04. The lowest BCUT2D eigenvalue weighted by atomic mass is 10.1. The predicted octanol–water partition coefficient (Wildman–Crippen LogP) is 3.68. The van der Waals surface area contributed by atoms with Crippen LogP contribution in [0.15, 0.2) is 23.8 Å². The molecular formula is C17H20N2O4. The SMILES string of the molecule is CCC(=Cc1cc([N+](=O)[O-])ccc1NC1CC1C1CC1)C(=O)O. The molecule has 0 radical (unpaired) electrons. The number of rotatable bonds is 7. The Morgan fingerprint density at radius 2 is 2.22 bits per heavy atom. The van der Waals surface area contributed by atoms with Gasteiger partial charge in [0.1, 0.15) is 0 Å². The van der Waals surface area contributed by atoms with Crippen molar-refractivity contribution in [1.82, 2.24) is 0 Å².